The average molecular weight is 577 g/mol. The Morgan fingerprint density at radius 3 is 2.23 bits per heavy atom. The molecule has 40 heavy (non-hydrogen) atoms. The minimum Gasteiger partial charge on any atom is -0.469 e. The molecule has 6 nitrogen and oxygen atoms in total. The van der Waals surface area contributed by atoms with Crippen LogP contribution in [0.5, 0.6) is 0 Å². The van der Waals surface area contributed by atoms with Crippen molar-refractivity contribution in [3.63, 3.8) is 0 Å². The van der Waals surface area contributed by atoms with Crippen molar-refractivity contribution in [2.75, 3.05) is 13.7 Å². The van der Waals surface area contributed by atoms with E-state index in [1.165, 1.54) is 24.8 Å². The van der Waals surface area contributed by atoms with Crippen LogP contribution < -0.4 is 4.72 Å². The van der Waals surface area contributed by atoms with Gasteiger partial charge in [0.05, 0.1) is 12.0 Å². The molecule has 0 amide bonds. The lowest BCUT2D eigenvalue weighted by Crippen LogP contribution is -2.29. The van der Waals surface area contributed by atoms with Crippen molar-refractivity contribution < 1.29 is 17.9 Å². The number of esters is 1. The van der Waals surface area contributed by atoms with Gasteiger partial charge >= 0.3 is 5.97 Å². The van der Waals surface area contributed by atoms with E-state index in [0.29, 0.717) is 17.9 Å². The topological polar surface area (TPSA) is 85.4 Å². The highest BCUT2D eigenvalue weighted by Gasteiger charge is 2.22. The summed E-state index contributed by atoms with van der Waals surface area (Å²) in [6.45, 7) is 0.237. The zero-order valence-electron chi connectivity index (χ0n) is 22.4. The van der Waals surface area contributed by atoms with E-state index in [1.54, 1.807) is 18.3 Å². The van der Waals surface area contributed by atoms with Crippen LogP contribution in [-0.4, -0.2) is 33.0 Å². The second-order valence-electron chi connectivity index (χ2n) is 9.65. The van der Waals surface area contributed by atoms with E-state index in [2.05, 4.69) is 27.9 Å². The quantitative estimate of drug-likeness (QED) is 0.183. The van der Waals surface area contributed by atoms with Crippen molar-refractivity contribution in [1.82, 2.24) is 9.71 Å². The molecule has 2 unspecified atom stereocenters. The second kappa shape index (κ2) is 14.2. The highest BCUT2D eigenvalue weighted by atomic mass is 35.5. The molecule has 0 aliphatic heterocycles. The summed E-state index contributed by atoms with van der Waals surface area (Å²) in [5, 5.41) is 0.478. The molecular formula is C32H33ClN2O4S. The largest absolute Gasteiger partial charge is 0.469 e. The number of hydrogen-bond donors (Lipinski definition) is 1. The molecule has 8 heteroatoms. The summed E-state index contributed by atoms with van der Waals surface area (Å²) in [5.41, 5.74) is 4.35. The summed E-state index contributed by atoms with van der Waals surface area (Å²) >= 11 is 5.96. The number of carbonyl (C=O) groups excluding carboxylic acids is 1. The summed E-state index contributed by atoms with van der Waals surface area (Å²) < 4.78 is 33.7. The third-order valence-corrected chi connectivity index (χ3v) is 8.72. The molecule has 1 N–H and O–H groups in total. The van der Waals surface area contributed by atoms with Gasteiger partial charge in [0.2, 0.25) is 10.0 Å². The summed E-state index contributed by atoms with van der Waals surface area (Å²) in [6.07, 6.45) is 6.09. The first-order valence-electron chi connectivity index (χ1n) is 13.2. The molecular weight excluding hydrogens is 544 g/mol. The molecule has 0 bridgehead atoms. The maximum absolute atomic E-state index is 13.1. The maximum Gasteiger partial charge on any atom is 0.305 e. The molecule has 4 aromatic rings. The van der Waals surface area contributed by atoms with Crippen molar-refractivity contribution in [1.29, 1.82) is 0 Å². The minimum atomic E-state index is -3.72. The van der Waals surface area contributed by atoms with E-state index in [-0.39, 0.29) is 29.2 Å². The van der Waals surface area contributed by atoms with Gasteiger partial charge in [0.25, 0.3) is 0 Å². The molecule has 1 aromatic heterocycles. The van der Waals surface area contributed by atoms with Gasteiger partial charge in [-0.3, -0.25) is 9.78 Å². The number of pyridine rings is 1. The van der Waals surface area contributed by atoms with E-state index in [0.717, 1.165) is 29.5 Å². The summed E-state index contributed by atoms with van der Waals surface area (Å²) in [5.74, 6) is -0.217. The van der Waals surface area contributed by atoms with Crippen molar-refractivity contribution in [3.05, 3.63) is 131 Å². The number of ether oxygens (including phenoxy) is 1. The van der Waals surface area contributed by atoms with E-state index < -0.39 is 10.0 Å². The molecule has 0 fully saturated rings. The molecule has 3 aromatic carbocycles. The predicted octanol–water partition coefficient (Wildman–Crippen LogP) is 6.52. The monoisotopic (exact) mass is 576 g/mol. The first kappa shape index (κ1) is 29.5. The van der Waals surface area contributed by atoms with Gasteiger partial charge in [-0.1, -0.05) is 72.3 Å². The lowest BCUT2D eigenvalue weighted by atomic mass is 9.84. The molecule has 0 saturated carbocycles. The fraction of sp³-hybridized carbons (Fsp3) is 0.250. The van der Waals surface area contributed by atoms with Gasteiger partial charge in [0, 0.05) is 36.3 Å². The van der Waals surface area contributed by atoms with Gasteiger partial charge in [-0.05, 0) is 77.8 Å². The van der Waals surface area contributed by atoms with Gasteiger partial charge in [-0.25, -0.2) is 13.1 Å². The van der Waals surface area contributed by atoms with E-state index in [9.17, 15) is 13.2 Å². The zero-order valence-corrected chi connectivity index (χ0v) is 23.9. The van der Waals surface area contributed by atoms with Gasteiger partial charge in [0.1, 0.15) is 0 Å². The summed E-state index contributed by atoms with van der Waals surface area (Å²) in [6, 6.07) is 28.5. The fourth-order valence-electron chi connectivity index (χ4n) is 4.76. The van der Waals surface area contributed by atoms with Crippen molar-refractivity contribution in [2.45, 2.75) is 42.4 Å². The van der Waals surface area contributed by atoms with Crippen LogP contribution in [0.15, 0.2) is 108 Å². The van der Waals surface area contributed by atoms with Crippen LogP contribution in [0.3, 0.4) is 0 Å². The Morgan fingerprint density at radius 2 is 1.57 bits per heavy atom. The highest BCUT2D eigenvalue weighted by molar-refractivity contribution is 7.89. The molecule has 4 rings (SSSR count). The number of methoxy groups -OCH3 is 1. The lowest BCUT2D eigenvalue weighted by molar-refractivity contribution is -0.140. The van der Waals surface area contributed by atoms with Crippen molar-refractivity contribution >= 4 is 27.6 Å². The number of aromatic nitrogens is 1. The standard InChI is InChI=1S/C32H33ClN2O4S/c1-39-32(36)20-11-24-9-12-25(13-10-24)27(23-35-40(37,38)30-17-15-29(33)16-18-30)14-19-31(26-6-3-2-4-7-26)28-8-5-21-34-22-28/h2-10,12-13,15-18,21-22,27,31,35H,11,14,19-20,23H2,1H3. The summed E-state index contributed by atoms with van der Waals surface area (Å²) in [4.78, 5) is 16.1. The number of carbonyl (C=O) groups is 1. The fourth-order valence-corrected chi connectivity index (χ4v) is 5.97. The SMILES string of the molecule is COC(=O)CCc1ccc(C(CCC(c2ccccc2)c2cccnc2)CNS(=O)(=O)c2ccc(Cl)cc2)cc1. The van der Waals surface area contributed by atoms with Crippen LogP contribution in [0.4, 0.5) is 0 Å². The number of aryl methyl sites for hydroxylation is 1. The molecule has 208 valence electrons. The predicted molar refractivity (Wildman–Crippen MR) is 158 cm³/mol. The molecule has 0 saturated heterocycles. The van der Waals surface area contributed by atoms with E-state index in [1.807, 2.05) is 54.7 Å². The Labute approximate surface area is 241 Å². The van der Waals surface area contributed by atoms with E-state index in [4.69, 9.17) is 16.3 Å². The first-order chi connectivity index (χ1) is 19.4. The molecule has 0 spiro atoms. The zero-order chi connectivity index (χ0) is 28.4. The van der Waals surface area contributed by atoms with Crippen LogP contribution in [0.2, 0.25) is 5.02 Å². The first-order valence-corrected chi connectivity index (χ1v) is 15.1. The minimum absolute atomic E-state index is 0.0837. The highest BCUT2D eigenvalue weighted by Crippen LogP contribution is 2.33. The molecule has 0 aliphatic rings. The van der Waals surface area contributed by atoms with Crippen molar-refractivity contribution in [2.24, 2.45) is 0 Å². The van der Waals surface area contributed by atoms with Gasteiger partial charge in [0.15, 0.2) is 0 Å². The number of sulfonamides is 1. The van der Waals surface area contributed by atoms with Crippen LogP contribution in [0.1, 0.15) is 53.4 Å². The maximum atomic E-state index is 13.1. The Kier molecular flexibility index (Phi) is 10.5. The third-order valence-electron chi connectivity index (χ3n) is 7.03. The van der Waals surface area contributed by atoms with E-state index >= 15 is 0 Å². The Morgan fingerprint density at radius 1 is 0.875 bits per heavy atom. The van der Waals surface area contributed by atoms with Crippen LogP contribution in [0.25, 0.3) is 0 Å². The number of rotatable bonds is 13. The lowest BCUT2D eigenvalue weighted by Gasteiger charge is -2.23. The number of halogens is 1. The van der Waals surface area contributed by atoms with Crippen molar-refractivity contribution in [3.8, 4) is 0 Å². The molecule has 0 radical (unpaired) electrons. The van der Waals surface area contributed by atoms with Crippen LogP contribution in [-0.2, 0) is 26.0 Å². The average Bonchev–Trinajstić information content (AvgIpc) is 2.99. The Balaban J connectivity index is 1.56. The van der Waals surface area contributed by atoms with Gasteiger partial charge < -0.3 is 4.74 Å². The number of nitrogens with one attached hydrogen (secondary N) is 1. The normalized spacial score (nSPS) is 12.9. The Hall–Kier alpha value is -3.52. The smallest absolute Gasteiger partial charge is 0.305 e. The van der Waals surface area contributed by atoms with Gasteiger partial charge in [-0.15, -0.1) is 0 Å². The Bertz CT molecular complexity index is 1420. The van der Waals surface area contributed by atoms with Crippen LogP contribution >= 0.6 is 11.6 Å². The number of nitrogens with zero attached hydrogens (tertiary/aromatic N) is 1. The second-order valence-corrected chi connectivity index (χ2v) is 11.9. The molecule has 0 aliphatic carbocycles. The summed E-state index contributed by atoms with van der Waals surface area (Å²) in [7, 11) is -2.34. The number of hydrogen-bond acceptors (Lipinski definition) is 5. The van der Waals surface area contributed by atoms with Crippen LogP contribution in [0, 0.1) is 0 Å². The number of benzene rings is 3. The molecule has 2 atom stereocenters. The van der Waals surface area contributed by atoms with Gasteiger partial charge in [-0.2, -0.15) is 0 Å². The third kappa shape index (κ3) is 8.24. The molecule has 1 heterocycles.